The van der Waals surface area contributed by atoms with Crippen molar-refractivity contribution >= 4 is 11.9 Å². The first-order valence-corrected chi connectivity index (χ1v) is 7.19. The van der Waals surface area contributed by atoms with Crippen LogP contribution in [-0.2, 0) is 9.59 Å². The molecule has 0 aromatic heterocycles. The molecule has 0 radical (unpaired) electrons. The highest BCUT2D eigenvalue weighted by Crippen LogP contribution is 2.31. The first-order chi connectivity index (χ1) is 9.00. The van der Waals surface area contributed by atoms with Gasteiger partial charge in [0.05, 0.1) is 11.8 Å². The second-order valence-corrected chi connectivity index (χ2v) is 6.00. The minimum Gasteiger partial charge on any atom is -0.481 e. The van der Waals surface area contributed by atoms with E-state index in [-0.39, 0.29) is 17.9 Å². The lowest BCUT2D eigenvalue weighted by molar-refractivity contribution is -0.152. The predicted octanol–water partition coefficient (Wildman–Crippen LogP) is 2.30. The number of carbonyl (C=O) groups is 2. The zero-order valence-electron chi connectivity index (χ0n) is 11.7. The number of carbonyl (C=O) groups excluding carboxylic acids is 1. The maximum atomic E-state index is 12.6. The molecule has 19 heavy (non-hydrogen) atoms. The molecule has 2 rings (SSSR count). The fourth-order valence-electron chi connectivity index (χ4n) is 3.31. The molecule has 1 saturated heterocycles. The number of allylic oxidation sites excluding steroid dienone is 2. The second kappa shape index (κ2) is 5.76. The van der Waals surface area contributed by atoms with Gasteiger partial charge < -0.3 is 10.0 Å². The molecule has 0 bridgehead atoms. The van der Waals surface area contributed by atoms with Gasteiger partial charge >= 0.3 is 5.97 Å². The second-order valence-electron chi connectivity index (χ2n) is 6.00. The van der Waals surface area contributed by atoms with Crippen LogP contribution >= 0.6 is 0 Å². The van der Waals surface area contributed by atoms with E-state index in [2.05, 4.69) is 13.8 Å². The molecule has 4 heteroatoms. The Hall–Kier alpha value is -1.32. The van der Waals surface area contributed by atoms with Crippen molar-refractivity contribution in [3.8, 4) is 0 Å². The lowest BCUT2D eigenvalue weighted by atomic mass is 9.81. The van der Waals surface area contributed by atoms with E-state index in [0.29, 0.717) is 18.8 Å². The summed E-state index contributed by atoms with van der Waals surface area (Å²) in [4.78, 5) is 25.8. The molecule has 1 aliphatic carbocycles. The monoisotopic (exact) mass is 265 g/mol. The molecule has 0 aromatic carbocycles. The summed E-state index contributed by atoms with van der Waals surface area (Å²) in [7, 11) is 0. The van der Waals surface area contributed by atoms with Gasteiger partial charge in [-0.15, -0.1) is 0 Å². The normalized spacial score (nSPS) is 35.2. The van der Waals surface area contributed by atoms with E-state index in [9.17, 15) is 14.7 Å². The van der Waals surface area contributed by atoms with E-state index in [4.69, 9.17) is 0 Å². The average Bonchev–Trinajstić information content (AvgIpc) is 2.38. The number of hydrogen-bond acceptors (Lipinski definition) is 2. The maximum Gasteiger partial charge on any atom is 0.307 e. The van der Waals surface area contributed by atoms with Crippen molar-refractivity contribution in [1.82, 2.24) is 4.90 Å². The summed E-state index contributed by atoms with van der Waals surface area (Å²) in [5.41, 5.74) is 0. The quantitative estimate of drug-likeness (QED) is 0.779. The van der Waals surface area contributed by atoms with Crippen molar-refractivity contribution in [3.05, 3.63) is 12.2 Å². The lowest BCUT2D eigenvalue weighted by Gasteiger charge is -2.39. The van der Waals surface area contributed by atoms with E-state index in [1.165, 1.54) is 0 Å². The van der Waals surface area contributed by atoms with Gasteiger partial charge in [-0.3, -0.25) is 9.59 Å². The van der Waals surface area contributed by atoms with Crippen molar-refractivity contribution in [2.75, 3.05) is 6.54 Å². The highest BCUT2D eigenvalue weighted by molar-refractivity contribution is 5.85. The van der Waals surface area contributed by atoms with Gasteiger partial charge in [-0.05, 0) is 38.5 Å². The zero-order valence-corrected chi connectivity index (χ0v) is 11.7. The van der Waals surface area contributed by atoms with Crippen LogP contribution in [0.4, 0.5) is 0 Å². The molecule has 2 unspecified atom stereocenters. The number of carboxylic acid groups (broad SMARTS) is 1. The number of carboxylic acids is 1. The summed E-state index contributed by atoms with van der Waals surface area (Å²) < 4.78 is 0. The minimum absolute atomic E-state index is 0.0381. The molecule has 1 amide bonds. The van der Waals surface area contributed by atoms with Gasteiger partial charge in [-0.2, -0.15) is 0 Å². The Morgan fingerprint density at radius 2 is 1.79 bits per heavy atom. The SMILES string of the molecule is CC1CCN(C(=O)[C@@H]2CC=CC[C@@H]2C(=O)O)C(C)C1. The van der Waals surface area contributed by atoms with Crippen molar-refractivity contribution in [2.24, 2.45) is 17.8 Å². The summed E-state index contributed by atoms with van der Waals surface area (Å²) in [6.07, 6.45) is 6.91. The van der Waals surface area contributed by atoms with Crippen molar-refractivity contribution in [1.29, 1.82) is 0 Å². The van der Waals surface area contributed by atoms with Crippen LogP contribution in [0.15, 0.2) is 12.2 Å². The summed E-state index contributed by atoms with van der Waals surface area (Å²) >= 11 is 0. The van der Waals surface area contributed by atoms with Gasteiger partial charge in [0.2, 0.25) is 5.91 Å². The maximum absolute atomic E-state index is 12.6. The fraction of sp³-hybridized carbons (Fsp3) is 0.733. The van der Waals surface area contributed by atoms with E-state index in [0.717, 1.165) is 19.4 Å². The van der Waals surface area contributed by atoms with Crippen molar-refractivity contribution < 1.29 is 14.7 Å². The van der Waals surface area contributed by atoms with Gasteiger partial charge in [0, 0.05) is 12.6 Å². The molecule has 1 fully saturated rings. The van der Waals surface area contributed by atoms with Crippen LogP contribution in [0.25, 0.3) is 0 Å². The molecule has 2 aliphatic rings. The zero-order chi connectivity index (χ0) is 14.0. The Kier molecular flexibility index (Phi) is 4.27. The van der Waals surface area contributed by atoms with Crippen LogP contribution in [-0.4, -0.2) is 34.5 Å². The van der Waals surface area contributed by atoms with E-state index >= 15 is 0 Å². The van der Waals surface area contributed by atoms with E-state index in [1.54, 1.807) is 0 Å². The van der Waals surface area contributed by atoms with Crippen LogP contribution in [0.2, 0.25) is 0 Å². The van der Waals surface area contributed by atoms with Crippen LogP contribution in [0.5, 0.6) is 0 Å². The molecule has 106 valence electrons. The molecule has 4 atom stereocenters. The summed E-state index contributed by atoms with van der Waals surface area (Å²) in [6.45, 7) is 5.05. The van der Waals surface area contributed by atoms with Gasteiger partial charge in [0.25, 0.3) is 0 Å². The summed E-state index contributed by atoms with van der Waals surface area (Å²) in [5, 5.41) is 9.26. The molecule has 0 aromatic rings. The minimum atomic E-state index is -0.847. The molecule has 0 spiro atoms. The Balaban J connectivity index is 2.09. The number of nitrogens with zero attached hydrogens (tertiary/aromatic N) is 1. The first kappa shape index (κ1) is 14.1. The van der Waals surface area contributed by atoms with Gasteiger partial charge in [0.1, 0.15) is 0 Å². The number of aliphatic carboxylic acids is 1. The third kappa shape index (κ3) is 2.99. The highest BCUT2D eigenvalue weighted by atomic mass is 16.4. The molecule has 1 N–H and O–H groups in total. The Labute approximate surface area is 114 Å². The lowest BCUT2D eigenvalue weighted by Crippen LogP contribution is -2.49. The van der Waals surface area contributed by atoms with Gasteiger partial charge in [-0.25, -0.2) is 0 Å². The Bertz CT molecular complexity index is 391. The number of hydrogen-bond donors (Lipinski definition) is 1. The van der Waals surface area contributed by atoms with Crippen molar-refractivity contribution in [3.63, 3.8) is 0 Å². The van der Waals surface area contributed by atoms with Crippen LogP contribution < -0.4 is 0 Å². The largest absolute Gasteiger partial charge is 0.481 e. The molecule has 0 saturated carbocycles. The number of rotatable bonds is 2. The highest BCUT2D eigenvalue weighted by Gasteiger charge is 2.38. The molecule has 1 aliphatic heterocycles. The van der Waals surface area contributed by atoms with E-state index in [1.807, 2.05) is 17.1 Å². The predicted molar refractivity (Wildman–Crippen MR) is 72.6 cm³/mol. The van der Waals surface area contributed by atoms with Crippen LogP contribution in [0, 0.1) is 17.8 Å². The molecular formula is C15H23NO3. The summed E-state index contributed by atoms with van der Waals surface area (Å²) in [5.74, 6) is -1.08. The van der Waals surface area contributed by atoms with Crippen LogP contribution in [0.1, 0.15) is 39.5 Å². The number of amides is 1. The van der Waals surface area contributed by atoms with E-state index < -0.39 is 11.9 Å². The summed E-state index contributed by atoms with van der Waals surface area (Å²) in [6, 6.07) is 0.233. The number of piperidine rings is 1. The van der Waals surface area contributed by atoms with Gasteiger partial charge in [0.15, 0.2) is 0 Å². The van der Waals surface area contributed by atoms with Gasteiger partial charge in [-0.1, -0.05) is 19.1 Å². The fourth-order valence-corrected chi connectivity index (χ4v) is 3.31. The molecular weight excluding hydrogens is 242 g/mol. The topological polar surface area (TPSA) is 57.6 Å². The average molecular weight is 265 g/mol. The Morgan fingerprint density at radius 1 is 1.16 bits per heavy atom. The first-order valence-electron chi connectivity index (χ1n) is 7.19. The van der Waals surface area contributed by atoms with Crippen LogP contribution in [0.3, 0.4) is 0 Å². The molecule has 4 nitrogen and oxygen atoms in total. The van der Waals surface area contributed by atoms with Crippen molar-refractivity contribution in [2.45, 2.75) is 45.6 Å². The smallest absolute Gasteiger partial charge is 0.307 e. The number of likely N-dealkylation sites (tertiary alicyclic amines) is 1. The third-order valence-electron chi connectivity index (χ3n) is 4.49. The standard InChI is InChI=1S/C15H23NO3/c1-10-7-8-16(11(2)9-10)14(17)12-5-3-4-6-13(12)15(18)19/h3-4,10-13H,5-9H2,1-2H3,(H,18,19)/t10?,11?,12-,13+/m1/s1. The Morgan fingerprint density at radius 3 is 2.37 bits per heavy atom. The molecule has 1 heterocycles. The third-order valence-corrected chi connectivity index (χ3v) is 4.49.